The van der Waals surface area contributed by atoms with Crippen molar-refractivity contribution in [3.05, 3.63) is 12.3 Å². The molecule has 0 aromatic heterocycles. The molecule has 2 rings (SSSR count). The molecule has 0 N–H and O–H groups in total. The number of esters is 1. The number of methoxy groups -OCH3 is 1. The van der Waals surface area contributed by atoms with Crippen LogP contribution < -0.4 is 0 Å². The summed E-state index contributed by atoms with van der Waals surface area (Å²) in [6.45, 7) is 7.73. The van der Waals surface area contributed by atoms with Crippen molar-refractivity contribution < 1.29 is 23.9 Å². The summed E-state index contributed by atoms with van der Waals surface area (Å²) in [5.74, 6) is -0.522. The molecule has 2 aliphatic rings. The number of carbonyl (C=O) groups is 3. The quantitative estimate of drug-likeness (QED) is 0.684. The lowest BCUT2D eigenvalue weighted by Gasteiger charge is -2.39. The SMILES string of the molecule is COC(=O)[C@H]1CO[C@@H](C(C)(C)C)N1C(=O)N1C=CC(=O)C[C@@H]1C. The first-order valence-corrected chi connectivity index (χ1v) is 7.68. The molecule has 0 aromatic rings. The van der Waals surface area contributed by atoms with Crippen LogP contribution in [0.5, 0.6) is 0 Å². The zero-order valence-corrected chi connectivity index (χ0v) is 14.2. The Balaban J connectivity index is 2.33. The molecule has 0 spiro atoms. The molecule has 0 radical (unpaired) electrons. The fourth-order valence-electron chi connectivity index (χ4n) is 2.88. The first-order chi connectivity index (χ1) is 10.7. The van der Waals surface area contributed by atoms with Crippen molar-refractivity contribution in [2.75, 3.05) is 13.7 Å². The number of ether oxygens (including phenoxy) is 2. The van der Waals surface area contributed by atoms with E-state index in [0.717, 1.165) is 0 Å². The van der Waals surface area contributed by atoms with Crippen molar-refractivity contribution >= 4 is 17.8 Å². The van der Waals surface area contributed by atoms with E-state index in [1.165, 1.54) is 29.2 Å². The number of nitrogens with zero attached hydrogens (tertiary/aromatic N) is 2. The van der Waals surface area contributed by atoms with Crippen LogP contribution >= 0.6 is 0 Å². The number of hydrogen-bond donors (Lipinski definition) is 0. The van der Waals surface area contributed by atoms with Gasteiger partial charge in [0.15, 0.2) is 11.8 Å². The maximum absolute atomic E-state index is 13.0. The summed E-state index contributed by atoms with van der Waals surface area (Å²) in [6, 6.07) is -1.40. The van der Waals surface area contributed by atoms with E-state index in [2.05, 4.69) is 0 Å². The van der Waals surface area contributed by atoms with Gasteiger partial charge in [-0.25, -0.2) is 9.59 Å². The fourth-order valence-corrected chi connectivity index (χ4v) is 2.88. The van der Waals surface area contributed by atoms with Crippen LogP contribution in [0.3, 0.4) is 0 Å². The summed E-state index contributed by atoms with van der Waals surface area (Å²) in [7, 11) is 1.29. The van der Waals surface area contributed by atoms with Crippen LogP contribution in [-0.4, -0.2) is 59.6 Å². The summed E-state index contributed by atoms with van der Waals surface area (Å²) in [6.07, 6.45) is 2.58. The van der Waals surface area contributed by atoms with Crippen molar-refractivity contribution in [2.24, 2.45) is 5.41 Å². The molecule has 2 amide bonds. The second-order valence-electron chi connectivity index (χ2n) is 7.02. The zero-order chi connectivity index (χ0) is 17.4. The highest BCUT2D eigenvalue weighted by molar-refractivity contribution is 5.93. The van der Waals surface area contributed by atoms with E-state index in [-0.39, 0.29) is 36.3 Å². The molecular weight excluding hydrogens is 300 g/mol. The second-order valence-corrected chi connectivity index (χ2v) is 7.02. The van der Waals surface area contributed by atoms with Crippen LogP contribution in [0, 0.1) is 5.41 Å². The third-order valence-corrected chi connectivity index (χ3v) is 4.05. The van der Waals surface area contributed by atoms with Crippen LogP contribution in [0.15, 0.2) is 12.3 Å². The molecule has 3 atom stereocenters. The van der Waals surface area contributed by atoms with Crippen LogP contribution in [-0.2, 0) is 19.1 Å². The van der Waals surface area contributed by atoms with Gasteiger partial charge >= 0.3 is 12.0 Å². The van der Waals surface area contributed by atoms with E-state index >= 15 is 0 Å². The van der Waals surface area contributed by atoms with Crippen molar-refractivity contribution in [3.8, 4) is 0 Å². The minimum absolute atomic E-state index is 0.0175. The van der Waals surface area contributed by atoms with Crippen LogP contribution in [0.1, 0.15) is 34.1 Å². The second kappa shape index (κ2) is 6.31. The number of carbonyl (C=O) groups excluding carboxylic acids is 3. The van der Waals surface area contributed by atoms with Crippen molar-refractivity contribution in [3.63, 3.8) is 0 Å². The molecule has 7 nitrogen and oxygen atoms in total. The lowest BCUT2D eigenvalue weighted by molar-refractivity contribution is -0.145. The zero-order valence-electron chi connectivity index (χ0n) is 14.2. The molecule has 0 unspecified atom stereocenters. The lowest BCUT2D eigenvalue weighted by Crippen LogP contribution is -2.56. The first-order valence-electron chi connectivity index (χ1n) is 7.68. The lowest BCUT2D eigenvalue weighted by atomic mass is 9.93. The molecular formula is C16H24N2O5. The molecule has 1 fully saturated rings. The van der Waals surface area contributed by atoms with Gasteiger partial charge in [-0.3, -0.25) is 14.6 Å². The Morgan fingerprint density at radius 3 is 2.52 bits per heavy atom. The largest absolute Gasteiger partial charge is 0.467 e. The molecule has 2 aliphatic heterocycles. The third-order valence-electron chi connectivity index (χ3n) is 4.05. The molecule has 0 bridgehead atoms. The average Bonchev–Trinajstić information content (AvgIpc) is 2.90. The Hall–Kier alpha value is -1.89. The fraction of sp³-hybridized carbons (Fsp3) is 0.688. The van der Waals surface area contributed by atoms with Gasteiger partial charge in [0.1, 0.15) is 6.23 Å². The van der Waals surface area contributed by atoms with E-state index in [0.29, 0.717) is 0 Å². The van der Waals surface area contributed by atoms with Gasteiger partial charge in [-0.15, -0.1) is 0 Å². The van der Waals surface area contributed by atoms with Gasteiger partial charge in [0, 0.05) is 24.1 Å². The first kappa shape index (κ1) is 17.5. The summed E-state index contributed by atoms with van der Waals surface area (Å²) < 4.78 is 10.5. The number of allylic oxidation sites excluding steroid dienone is 1. The summed E-state index contributed by atoms with van der Waals surface area (Å²) >= 11 is 0. The molecule has 2 heterocycles. The topological polar surface area (TPSA) is 76.2 Å². The molecule has 0 aliphatic carbocycles. The molecule has 23 heavy (non-hydrogen) atoms. The van der Waals surface area contributed by atoms with Crippen LogP contribution in [0.2, 0.25) is 0 Å². The Bertz CT molecular complexity index is 537. The van der Waals surface area contributed by atoms with E-state index in [4.69, 9.17) is 9.47 Å². The summed E-state index contributed by atoms with van der Waals surface area (Å²) in [5.41, 5.74) is -0.364. The van der Waals surface area contributed by atoms with Gasteiger partial charge in [0.2, 0.25) is 0 Å². The Kier molecular flexibility index (Phi) is 4.79. The monoisotopic (exact) mass is 324 g/mol. The Morgan fingerprint density at radius 1 is 1.35 bits per heavy atom. The molecule has 0 saturated carbocycles. The number of amides is 2. The number of rotatable bonds is 1. The predicted octanol–water partition coefficient (Wildman–Crippen LogP) is 1.53. The van der Waals surface area contributed by atoms with E-state index in [9.17, 15) is 14.4 Å². The van der Waals surface area contributed by atoms with Gasteiger partial charge in [0.05, 0.1) is 13.7 Å². The Morgan fingerprint density at radius 2 is 2.00 bits per heavy atom. The minimum atomic E-state index is -0.782. The maximum atomic E-state index is 13.0. The van der Waals surface area contributed by atoms with E-state index in [1.807, 2.05) is 20.8 Å². The van der Waals surface area contributed by atoms with Gasteiger partial charge < -0.3 is 9.47 Å². The molecule has 7 heteroatoms. The standard InChI is InChI=1S/C16H24N2O5/c1-10-8-11(19)6-7-17(10)15(21)18-12(13(20)22-5)9-23-14(18)16(2,3)4/h6-7,10,12,14H,8-9H2,1-5H3/t10-,12+,14-/m0/s1. The van der Waals surface area contributed by atoms with Gasteiger partial charge in [-0.1, -0.05) is 20.8 Å². The van der Waals surface area contributed by atoms with E-state index in [1.54, 1.807) is 6.92 Å². The average molecular weight is 324 g/mol. The molecule has 0 aromatic carbocycles. The smallest absolute Gasteiger partial charge is 0.331 e. The van der Waals surface area contributed by atoms with Gasteiger partial charge in [-0.05, 0) is 13.0 Å². The summed E-state index contributed by atoms with van der Waals surface area (Å²) in [4.78, 5) is 39.4. The van der Waals surface area contributed by atoms with Crippen molar-refractivity contribution in [1.82, 2.24) is 9.80 Å². The highest BCUT2D eigenvalue weighted by Gasteiger charge is 2.49. The van der Waals surface area contributed by atoms with E-state index < -0.39 is 18.2 Å². The van der Waals surface area contributed by atoms with Crippen molar-refractivity contribution in [2.45, 2.75) is 52.4 Å². The number of urea groups is 1. The highest BCUT2D eigenvalue weighted by Crippen LogP contribution is 2.33. The summed E-state index contributed by atoms with van der Waals surface area (Å²) in [5, 5.41) is 0. The van der Waals surface area contributed by atoms with Crippen molar-refractivity contribution in [1.29, 1.82) is 0 Å². The number of hydrogen-bond acceptors (Lipinski definition) is 5. The van der Waals surface area contributed by atoms with Gasteiger partial charge in [-0.2, -0.15) is 0 Å². The third kappa shape index (κ3) is 3.39. The van der Waals surface area contributed by atoms with Crippen LogP contribution in [0.25, 0.3) is 0 Å². The maximum Gasteiger partial charge on any atom is 0.331 e. The predicted molar refractivity (Wildman–Crippen MR) is 82.3 cm³/mol. The minimum Gasteiger partial charge on any atom is -0.467 e. The Labute approximate surface area is 136 Å². The number of ketones is 1. The molecule has 128 valence electrons. The van der Waals surface area contributed by atoms with Crippen LogP contribution in [0.4, 0.5) is 4.79 Å². The molecule has 1 saturated heterocycles. The normalized spacial score (nSPS) is 28.2. The highest BCUT2D eigenvalue weighted by atomic mass is 16.5. The van der Waals surface area contributed by atoms with Gasteiger partial charge in [0.25, 0.3) is 0 Å².